The summed E-state index contributed by atoms with van der Waals surface area (Å²) in [5.41, 5.74) is 3.25. The normalized spacial score (nSPS) is 17.4. The van der Waals surface area contributed by atoms with E-state index >= 15 is 0 Å². The zero-order valence-electron chi connectivity index (χ0n) is 15.2. The molecular formula is C21H23FN4O. The number of ether oxygens (including phenoxy) is 1. The minimum Gasteiger partial charge on any atom is -0.375 e. The molecule has 0 radical (unpaired) electrons. The topological polar surface area (TPSA) is 43.2 Å². The Balaban J connectivity index is 1.41. The van der Waals surface area contributed by atoms with Crippen molar-refractivity contribution < 1.29 is 9.13 Å². The van der Waals surface area contributed by atoms with Crippen molar-refractivity contribution in [3.63, 3.8) is 0 Å². The fourth-order valence-electron chi connectivity index (χ4n) is 3.51. The lowest BCUT2D eigenvalue weighted by atomic mass is 10.1. The van der Waals surface area contributed by atoms with Gasteiger partial charge in [-0.1, -0.05) is 18.2 Å². The first-order valence-corrected chi connectivity index (χ1v) is 9.21. The standard InChI is InChI=1S/C21H23FN4O/c22-19-6-4-17(5-7-19)11-25-12-18(13-26-21(14-25)8-10-24-26)15-27-16-20-3-1-2-9-23-20/h1-10,18H,11-16H2. The second-order valence-electron chi connectivity index (χ2n) is 7.00. The molecular weight excluding hydrogens is 343 g/mol. The van der Waals surface area contributed by atoms with Gasteiger partial charge in [-0.3, -0.25) is 14.6 Å². The summed E-state index contributed by atoms with van der Waals surface area (Å²) < 4.78 is 21.2. The van der Waals surface area contributed by atoms with Gasteiger partial charge in [-0.05, 0) is 35.9 Å². The Morgan fingerprint density at radius 1 is 1.04 bits per heavy atom. The molecule has 3 heterocycles. The number of pyridine rings is 1. The van der Waals surface area contributed by atoms with Crippen LogP contribution in [0.25, 0.3) is 0 Å². The summed E-state index contributed by atoms with van der Waals surface area (Å²) in [7, 11) is 0. The predicted octanol–water partition coefficient (Wildman–Crippen LogP) is 3.27. The first kappa shape index (κ1) is 17.8. The van der Waals surface area contributed by atoms with Crippen LogP contribution in [-0.2, 0) is 31.0 Å². The molecule has 0 bridgehead atoms. The third-order valence-electron chi connectivity index (χ3n) is 4.79. The number of rotatable bonds is 6. The second-order valence-corrected chi connectivity index (χ2v) is 7.00. The fourth-order valence-corrected chi connectivity index (χ4v) is 3.51. The largest absolute Gasteiger partial charge is 0.375 e. The Kier molecular flexibility index (Phi) is 5.55. The van der Waals surface area contributed by atoms with Crippen LogP contribution in [0.2, 0.25) is 0 Å². The Morgan fingerprint density at radius 2 is 1.93 bits per heavy atom. The number of nitrogens with zero attached hydrogens (tertiary/aromatic N) is 4. The lowest BCUT2D eigenvalue weighted by Crippen LogP contribution is -2.30. The molecule has 1 aliphatic heterocycles. The van der Waals surface area contributed by atoms with Gasteiger partial charge in [0, 0.05) is 44.5 Å². The molecule has 1 aliphatic rings. The van der Waals surface area contributed by atoms with Gasteiger partial charge in [0.05, 0.1) is 24.6 Å². The van der Waals surface area contributed by atoms with E-state index in [0.717, 1.165) is 37.4 Å². The SMILES string of the molecule is Fc1ccc(CN2Cc3ccnn3CC(COCc3ccccn3)C2)cc1. The van der Waals surface area contributed by atoms with Crippen LogP contribution in [0.4, 0.5) is 4.39 Å². The Morgan fingerprint density at radius 3 is 2.74 bits per heavy atom. The molecule has 0 saturated heterocycles. The first-order chi connectivity index (χ1) is 13.3. The number of benzene rings is 1. The van der Waals surface area contributed by atoms with Crippen molar-refractivity contribution in [3.8, 4) is 0 Å². The molecule has 1 atom stereocenters. The molecule has 6 heteroatoms. The molecule has 1 aromatic carbocycles. The summed E-state index contributed by atoms with van der Waals surface area (Å²) in [6, 6.07) is 14.7. The molecule has 1 unspecified atom stereocenters. The summed E-state index contributed by atoms with van der Waals surface area (Å²) in [4.78, 5) is 6.68. The molecule has 3 aromatic rings. The number of fused-ring (bicyclic) bond motifs is 1. The predicted molar refractivity (Wildman–Crippen MR) is 100 cm³/mol. The Hall–Kier alpha value is -2.57. The minimum atomic E-state index is -0.200. The summed E-state index contributed by atoms with van der Waals surface area (Å²) in [6.07, 6.45) is 3.63. The molecule has 0 aliphatic carbocycles. The van der Waals surface area contributed by atoms with Crippen molar-refractivity contribution in [3.05, 3.63) is 83.7 Å². The summed E-state index contributed by atoms with van der Waals surface area (Å²) in [5, 5.41) is 4.46. The van der Waals surface area contributed by atoms with E-state index in [4.69, 9.17) is 4.74 Å². The van der Waals surface area contributed by atoms with Gasteiger partial charge in [0.15, 0.2) is 0 Å². The smallest absolute Gasteiger partial charge is 0.123 e. The van der Waals surface area contributed by atoms with Gasteiger partial charge in [0.2, 0.25) is 0 Å². The summed E-state index contributed by atoms with van der Waals surface area (Å²) >= 11 is 0. The number of hydrogen-bond acceptors (Lipinski definition) is 4. The molecule has 0 fully saturated rings. The highest BCUT2D eigenvalue weighted by Crippen LogP contribution is 2.19. The van der Waals surface area contributed by atoms with Crippen LogP contribution in [0, 0.1) is 11.7 Å². The van der Waals surface area contributed by atoms with Gasteiger partial charge in [0.1, 0.15) is 5.82 Å². The van der Waals surface area contributed by atoms with E-state index in [0.29, 0.717) is 19.1 Å². The average Bonchev–Trinajstić information content (AvgIpc) is 3.04. The molecule has 2 aromatic heterocycles. The van der Waals surface area contributed by atoms with Crippen LogP contribution in [0.3, 0.4) is 0 Å². The summed E-state index contributed by atoms with van der Waals surface area (Å²) in [5.74, 6) is 0.129. The van der Waals surface area contributed by atoms with Gasteiger partial charge in [-0.2, -0.15) is 5.10 Å². The molecule has 0 spiro atoms. The van der Waals surface area contributed by atoms with Crippen LogP contribution >= 0.6 is 0 Å². The van der Waals surface area contributed by atoms with Gasteiger partial charge in [-0.25, -0.2) is 4.39 Å². The van der Waals surface area contributed by atoms with E-state index in [-0.39, 0.29) is 5.82 Å². The van der Waals surface area contributed by atoms with Crippen LogP contribution in [0.15, 0.2) is 60.9 Å². The van der Waals surface area contributed by atoms with Crippen molar-refractivity contribution in [2.75, 3.05) is 13.2 Å². The summed E-state index contributed by atoms with van der Waals surface area (Å²) in [6.45, 7) is 4.51. The second kappa shape index (κ2) is 8.41. The lowest BCUT2D eigenvalue weighted by Gasteiger charge is -2.24. The van der Waals surface area contributed by atoms with E-state index in [1.807, 2.05) is 36.5 Å². The fraction of sp³-hybridized carbons (Fsp3) is 0.333. The Labute approximate surface area is 158 Å². The van der Waals surface area contributed by atoms with E-state index < -0.39 is 0 Å². The van der Waals surface area contributed by atoms with Crippen LogP contribution in [0.1, 0.15) is 17.0 Å². The first-order valence-electron chi connectivity index (χ1n) is 9.21. The molecule has 0 N–H and O–H groups in total. The van der Waals surface area contributed by atoms with Crippen LogP contribution in [0.5, 0.6) is 0 Å². The highest BCUT2D eigenvalue weighted by molar-refractivity contribution is 5.16. The molecule has 0 saturated carbocycles. The van der Waals surface area contributed by atoms with Crippen molar-refractivity contribution in [2.24, 2.45) is 5.92 Å². The van der Waals surface area contributed by atoms with Gasteiger partial charge in [0.25, 0.3) is 0 Å². The van der Waals surface area contributed by atoms with Gasteiger partial charge < -0.3 is 4.74 Å². The molecule has 4 rings (SSSR count). The Bertz CT molecular complexity index is 850. The van der Waals surface area contributed by atoms with Crippen molar-refractivity contribution >= 4 is 0 Å². The monoisotopic (exact) mass is 366 g/mol. The van der Waals surface area contributed by atoms with Crippen molar-refractivity contribution in [2.45, 2.75) is 26.2 Å². The maximum absolute atomic E-state index is 13.2. The number of halogens is 1. The quantitative estimate of drug-likeness (QED) is 0.672. The minimum absolute atomic E-state index is 0.200. The van der Waals surface area contributed by atoms with E-state index in [2.05, 4.69) is 25.7 Å². The lowest BCUT2D eigenvalue weighted by molar-refractivity contribution is 0.0640. The maximum Gasteiger partial charge on any atom is 0.123 e. The van der Waals surface area contributed by atoms with Gasteiger partial charge in [-0.15, -0.1) is 0 Å². The van der Waals surface area contributed by atoms with E-state index in [9.17, 15) is 4.39 Å². The highest BCUT2D eigenvalue weighted by atomic mass is 19.1. The van der Waals surface area contributed by atoms with E-state index in [1.54, 1.807) is 6.20 Å². The molecule has 140 valence electrons. The number of hydrogen-bond donors (Lipinski definition) is 0. The highest BCUT2D eigenvalue weighted by Gasteiger charge is 2.22. The maximum atomic E-state index is 13.2. The zero-order valence-corrected chi connectivity index (χ0v) is 15.2. The molecule has 27 heavy (non-hydrogen) atoms. The van der Waals surface area contributed by atoms with Gasteiger partial charge >= 0.3 is 0 Å². The van der Waals surface area contributed by atoms with Crippen LogP contribution in [-0.4, -0.2) is 32.8 Å². The van der Waals surface area contributed by atoms with Crippen molar-refractivity contribution in [1.29, 1.82) is 0 Å². The number of aromatic nitrogens is 3. The molecule has 0 amide bonds. The van der Waals surface area contributed by atoms with Crippen molar-refractivity contribution in [1.82, 2.24) is 19.7 Å². The van der Waals surface area contributed by atoms with E-state index in [1.165, 1.54) is 17.8 Å². The average molecular weight is 366 g/mol. The third-order valence-corrected chi connectivity index (χ3v) is 4.79. The van der Waals surface area contributed by atoms with Crippen LogP contribution < -0.4 is 0 Å². The molecule has 5 nitrogen and oxygen atoms in total. The third kappa shape index (κ3) is 4.78. The zero-order chi connectivity index (χ0) is 18.5.